The molecule has 0 fully saturated rings. The van der Waals surface area contributed by atoms with Gasteiger partial charge >= 0.3 is 7.82 Å². The summed E-state index contributed by atoms with van der Waals surface area (Å²) in [4.78, 5) is 30.8. The van der Waals surface area contributed by atoms with Crippen LogP contribution in [0.4, 0.5) is 0 Å². The number of primary amides is 1. The van der Waals surface area contributed by atoms with E-state index >= 15 is 0 Å². The highest BCUT2D eigenvalue weighted by Gasteiger charge is 2.20. The molecule has 0 bridgehead atoms. The van der Waals surface area contributed by atoms with Crippen molar-refractivity contribution in [1.82, 2.24) is 4.98 Å². The molecule has 138 valence electrons. The van der Waals surface area contributed by atoms with Crippen LogP contribution in [0.15, 0.2) is 47.1 Å². The van der Waals surface area contributed by atoms with Gasteiger partial charge in [0.1, 0.15) is 0 Å². The lowest BCUT2D eigenvalue weighted by atomic mass is 10.1. The molecule has 1 heterocycles. The molecule has 0 saturated carbocycles. The average molecular weight is 462 g/mol. The first-order valence-electron chi connectivity index (χ1n) is 7.15. The third-order valence-electron chi connectivity index (χ3n) is 3.25. The summed E-state index contributed by atoms with van der Waals surface area (Å²) in [5, 5.41) is 0.765. The summed E-state index contributed by atoms with van der Waals surface area (Å²) in [6.45, 7) is 1.96. The number of rotatable bonds is 3. The van der Waals surface area contributed by atoms with Crippen LogP contribution in [0.3, 0.4) is 0 Å². The molecule has 3 aromatic rings. The minimum Gasteiger partial charge on any atom is -0.402 e. The molecule has 0 aliphatic carbocycles. The van der Waals surface area contributed by atoms with Crippen molar-refractivity contribution in [2.24, 2.45) is 5.73 Å². The van der Waals surface area contributed by atoms with E-state index < -0.39 is 7.82 Å². The van der Waals surface area contributed by atoms with Crippen LogP contribution in [0, 0.1) is 6.92 Å². The largest absolute Gasteiger partial charge is 0.524 e. The summed E-state index contributed by atoms with van der Waals surface area (Å²) in [6.07, 6.45) is 1.35. The molecule has 7 nitrogen and oxygen atoms in total. The van der Waals surface area contributed by atoms with E-state index in [9.17, 15) is 9.36 Å². The van der Waals surface area contributed by atoms with Gasteiger partial charge in [-0.15, -0.1) is 0 Å². The van der Waals surface area contributed by atoms with Crippen LogP contribution >= 0.6 is 35.4 Å². The minimum absolute atomic E-state index is 0.0228. The highest BCUT2D eigenvalue weighted by molar-refractivity contribution is 9.10. The Bertz CT molecular complexity index is 984. The number of hydrogen-bond acceptors (Lipinski definition) is 3. The fourth-order valence-electron chi connectivity index (χ4n) is 2.05. The molecule has 3 rings (SSSR count). The van der Waals surface area contributed by atoms with E-state index in [0.717, 1.165) is 5.56 Å². The van der Waals surface area contributed by atoms with Crippen molar-refractivity contribution in [2.45, 2.75) is 6.92 Å². The van der Waals surface area contributed by atoms with Crippen LogP contribution in [-0.4, -0.2) is 20.7 Å². The van der Waals surface area contributed by atoms with Crippen molar-refractivity contribution in [3.05, 3.63) is 63.2 Å². The second-order valence-corrected chi connectivity index (χ2v) is 7.65. The van der Waals surface area contributed by atoms with Crippen molar-refractivity contribution < 1.29 is 23.7 Å². The highest BCUT2D eigenvalue weighted by atomic mass is 79.9. The molecule has 26 heavy (non-hydrogen) atoms. The Hall–Kier alpha value is -1.83. The van der Waals surface area contributed by atoms with E-state index in [4.69, 9.17) is 27.1 Å². The first-order chi connectivity index (χ1) is 12.1. The molecule has 0 unspecified atom stereocenters. The zero-order valence-corrected chi connectivity index (χ0v) is 16.7. The number of carbonyl (C=O) groups is 1. The summed E-state index contributed by atoms with van der Waals surface area (Å²) in [6, 6.07) is 10.6. The van der Waals surface area contributed by atoms with Crippen LogP contribution in [0.1, 0.15) is 15.9 Å². The Labute approximate surface area is 162 Å². The third-order valence-corrected chi connectivity index (χ3v) is 4.97. The molecule has 5 N–H and O–H groups in total. The molecule has 0 spiro atoms. The van der Waals surface area contributed by atoms with E-state index in [-0.39, 0.29) is 11.7 Å². The Morgan fingerprint density at radius 3 is 2.38 bits per heavy atom. The Kier molecular flexibility index (Phi) is 6.49. The van der Waals surface area contributed by atoms with Gasteiger partial charge in [-0.1, -0.05) is 29.3 Å². The van der Waals surface area contributed by atoms with Crippen LogP contribution in [-0.2, 0) is 4.57 Å². The molecule has 0 aliphatic rings. The van der Waals surface area contributed by atoms with E-state index in [0.29, 0.717) is 26.0 Å². The number of phosphoric ester groups is 1. The van der Waals surface area contributed by atoms with Gasteiger partial charge in [-0.25, -0.2) is 4.57 Å². The number of carbonyl (C=O) groups excluding carboxylic acids is 1. The number of H-pyrrole nitrogens is 1. The van der Waals surface area contributed by atoms with Crippen LogP contribution in [0.5, 0.6) is 5.75 Å². The first kappa shape index (κ1) is 20.5. The van der Waals surface area contributed by atoms with Gasteiger partial charge in [0.05, 0.1) is 15.9 Å². The van der Waals surface area contributed by atoms with Gasteiger partial charge < -0.3 is 15.2 Å². The van der Waals surface area contributed by atoms with Gasteiger partial charge in [0.15, 0.2) is 5.75 Å². The topological polar surface area (TPSA) is 126 Å². The lowest BCUT2D eigenvalue weighted by Gasteiger charge is -2.06. The van der Waals surface area contributed by atoms with Crippen molar-refractivity contribution in [3.8, 4) is 5.75 Å². The number of aromatic nitrogens is 1. The predicted molar refractivity (Wildman–Crippen MR) is 103 cm³/mol. The number of amides is 1. The van der Waals surface area contributed by atoms with Gasteiger partial charge in [-0.2, -0.15) is 0 Å². The Morgan fingerprint density at radius 1 is 1.23 bits per heavy atom. The number of hydrogen-bond donors (Lipinski definition) is 4. The summed E-state index contributed by atoms with van der Waals surface area (Å²) >= 11 is 9.22. The Balaban J connectivity index is 0.000000209. The van der Waals surface area contributed by atoms with Crippen molar-refractivity contribution in [1.29, 1.82) is 0 Å². The lowest BCUT2D eigenvalue weighted by Crippen LogP contribution is -2.10. The first-order valence-corrected chi connectivity index (χ1v) is 9.85. The number of aromatic amines is 1. The second-order valence-electron chi connectivity index (χ2n) is 5.25. The molecule has 0 atom stereocenters. The molecule has 0 radical (unpaired) electrons. The number of fused-ring (bicyclic) bond motifs is 1. The van der Waals surface area contributed by atoms with E-state index in [2.05, 4.69) is 25.4 Å². The fraction of sp³-hybridized carbons (Fsp3) is 0.0625. The zero-order valence-electron chi connectivity index (χ0n) is 13.4. The predicted octanol–water partition coefficient (Wildman–Crippen LogP) is 4.15. The van der Waals surface area contributed by atoms with Gasteiger partial charge in [0.2, 0.25) is 5.91 Å². The zero-order chi connectivity index (χ0) is 19.5. The lowest BCUT2D eigenvalue weighted by molar-refractivity contribution is 0.1000. The maximum atomic E-state index is 10.7. The molecule has 0 aliphatic heterocycles. The average Bonchev–Trinajstić information content (AvgIpc) is 2.93. The summed E-state index contributed by atoms with van der Waals surface area (Å²) in [7, 11) is -4.59. The quantitative estimate of drug-likeness (QED) is 0.436. The number of nitrogens with two attached hydrogens (primary N) is 1. The van der Waals surface area contributed by atoms with Gasteiger partial charge in [0, 0.05) is 16.2 Å². The smallest absolute Gasteiger partial charge is 0.402 e. The molecule has 1 amide bonds. The number of halogens is 2. The van der Waals surface area contributed by atoms with Crippen LogP contribution < -0.4 is 10.3 Å². The standard InChI is InChI=1S/C8H6BrClNO4P.C8H9NO/c9-4-1-2-5-7(8(4)10)6(3-11-5)15-16(12,13)14;1-6-2-4-7(5-3-6)8(9)10/h1-3,11H,(H2,12,13,14);2-5H,1H3,(H2,9,10). The fourth-order valence-corrected chi connectivity index (χ4v) is 3.03. The van der Waals surface area contributed by atoms with Crippen molar-refractivity contribution in [3.63, 3.8) is 0 Å². The number of phosphoric acid groups is 1. The molecule has 10 heteroatoms. The monoisotopic (exact) mass is 460 g/mol. The summed E-state index contributed by atoms with van der Waals surface area (Å²) in [5.74, 6) is -0.352. The number of aryl methyl sites for hydroxylation is 1. The van der Waals surface area contributed by atoms with Gasteiger partial charge in [0.25, 0.3) is 0 Å². The van der Waals surface area contributed by atoms with Crippen molar-refractivity contribution >= 4 is 52.2 Å². The Morgan fingerprint density at radius 2 is 1.85 bits per heavy atom. The van der Waals surface area contributed by atoms with E-state index in [1.165, 1.54) is 6.20 Å². The summed E-state index contributed by atoms with van der Waals surface area (Å²) in [5.41, 5.74) is 7.35. The van der Waals surface area contributed by atoms with E-state index in [1.807, 2.05) is 19.1 Å². The molecule has 0 saturated heterocycles. The maximum Gasteiger partial charge on any atom is 0.524 e. The molecular formula is C16H15BrClN2O5P. The minimum atomic E-state index is -4.59. The van der Waals surface area contributed by atoms with Gasteiger partial charge in [-0.3, -0.25) is 14.6 Å². The molecule has 2 aromatic carbocycles. The number of benzene rings is 2. The van der Waals surface area contributed by atoms with E-state index in [1.54, 1.807) is 24.3 Å². The molecule has 1 aromatic heterocycles. The van der Waals surface area contributed by atoms with Crippen molar-refractivity contribution in [2.75, 3.05) is 0 Å². The van der Waals surface area contributed by atoms with Crippen LogP contribution in [0.25, 0.3) is 10.9 Å². The summed E-state index contributed by atoms with van der Waals surface area (Å²) < 4.78 is 15.9. The maximum absolute atomic E-state index is 10.7. The second kappa shape index (κ2) is 8.24. The number of nitrogens with one attached hydrogen (secondary N) is 1. The third kappa shape index (κ3) is 5.33. The van der Waals surface area contributed by atoms with Crippen LogP contribution in [0.2, 0.25) is 5.02 Å². The SMILES string of the molecule is Cc1ccc(C(N)=O)cc1.O=P(O)(O)Oc1c[nH]c2ccc(Br)c(Cl)c12. The normalized spacial score (nSPS) is 11.0. The highest BCUT2D eigenvalue weighted by Crippen LogP contribution is 2.44. The van der Waals surface area contributed by atoms with Gasteiger partial charge in [-0.05, 0) is 47.1 Å². The molecular weight excluding hydrogens is 447 g/mol.